The van der Waals surface area contributed by atoms with Gasteiger partial charge in [0.15, 0.2) is 17.9 Å². The van der Waals surface area contributed by atoms with Crippen LogP contribution in [-0.4, -0.2) is 54.2 Å². The van der Waals surface area contributed by atoms with Crippen LogP contribution < -0.4 is 0 Å². The largest absolute Gasteiger partial charge is 0.469 e. The summed E-state index contributed by atoms with van der Waals surface area (Å²) in [5, 5.41) is 12.6. The van der Waals surface area contributed by atoms with Gasteiger partial charge in [0.25, 0.3) is 0 Å². The Morgan fingerprint density at radius 3 is 2.53 bits per heavy atom. The van der Waals surface area contributed by atoms with E-state index in [0.29, 0.717) is 19.1 Å². The van der Waals surface area contributed by atoms with E-state index >= 15 is 0 Å². The number of carbonyl (C=O) groups is 1. The van der Waals surface area contributed by atoms with Crippen molar-refractivity contribution in [3.05, 3.63) is 11.3 Å². The molecule has 38 heavy (non-hydrogen) atoms. The van der Waals surface area contributed by atoms with E-state index in [1.807, 2.05) is 13.8 Å². The number of fused-ring (bicyclic) bond motifs is 1. The fourth-order valence-corrected chi connectivity index (χ4v) is 10.7. The van der Waals surface area contributed by atoms with Crippen LogP contribution in [-0.2, 0) is 28.5 Å². The van der Waals surface area contributed by atoms with Crippen molar-refractivity contribution in [2.24, 2.45) is 45.3 Å². The second-order valence-corrected chi connectivity index (χ2v) is 15.5. The highest BCUT2D eigenvalue weighted by molar-refractivity contribution is 5.96. The summed E-state index contributed by atoms with van der Waals surface area (Å²) in [4.78, 5) is 14.8. The first-order valence-electron chi connectivity index (χ1n) is 14.9. The zero-order valence-electron chi connectivity index (χ0n) is 24.4. The molecule has 8 aliphatic rings. The lowest BCUT2D eigenvalue weighted by Crippen LogP contribution is -2.87. The lowest BCUT2D eigenvalue weighted by atomic mass is 9.36. The molecule has 0 amide bonds. The predicted octanol–water partition coefficient (Wildman–Crippen LogP) is 4.96. The lowest BCUT2D eigenvalue weighted by molar-refractivity contribution is -0.527. The number of Topliss-reactive ketones (excluding diaryl/α,β-unsaturated/α-hetero) is 1. The molecule has 7 nitrogen and oxygen atoms in total. The number of aliphatic hydroxyl groups is 1. The Bertz CT molecular complexity index is 1110. The Morgan fingerprint density at radius 2 is 1.82 bits per heavy atom. The van der Waals surface area contributed by atoms with E-state index in [1.54, 1.807) is 0 Å². The van der Waals surface area contributed by atoms with Gasteiger partial charge in [0, 0.05) is 17.8 Å². The Labute approximate surface area is 226 Å². The molecular weight excluding hydrogens is 484 g/mol. The van der Waals surface area contributed by atoms with Crippen molar-refractivity contribution in [2.45, 2.75) is 118 Å². The van der Waals surface area contributed by atoms with E-state index in [9.17, 15) is 9.90 Å². The van der Waals surface area contributed by atoms with Gasteiger partial charge in [-0.05, 0) is 68.3 Å². The smallest absolute Gasteiger partial charge is 0.213 e. The Hall–Kier alpha value is -0.990. The van der Waals surface area contributed by atoms with Crippen LogP contribution in [0.15, 0.2) is 11.3 Å². The second-order valence-electron chi connectivity index (χ2n) is 15.5. The third-order valence-electron chi connectivity index (χ3n) is 11.6. The lowest BCUT2D eigenvalue weighted by Gasteiger charge is -2.77. The molecule has 212 valence electrons. The average Bonchev–Trinajstić information content (AvgIpc) is 2.90. The normalized spacial score (nSPS) is 50.8. The van der Waals surface area contributed by atoms with Crippen LogP contribution in [0.3, 0.4) is 0 Å². The Morgan fingerprint density at radius 1 is 1.08 bits per heavy atom. The summed E-state index contributed by atoms with van der Waals surface area (Å²) in [5.41, 5.74) is -1.23. The van der Waals surface area contributed by atoms with E-state index in [0.717, 1.165) is 37.9 Å². The van der Waals surface area contributed by atoms with Crippen LogP contribution in [0.25, 0.3) is 0 Å². The highest BCUT2D eigenvalue weighted by Crippen LogP contribution is 2.81. The van der Waals surface area contributed by atoms with Crippen molar-refractivity contribution in [2.75, 3.05) is 13.2 Å². The first-order valence-corrected chi connectivity index (χ1v) is 14.9. The van der Waals surface area contributed by atoms with Crippen molar-refractivity contribution >= 4 is 5.78 Å². The second kappa shape index (κ2) is 7.44. The van der Waals surface area contributed by atoms with Gasteiger partial charge in [0.2, 0.25) is 5.79 Å². The quantitative estimate of drug-likeness (QED) is 0.552. The zero-order chi connectivity index (χ0) is 27.3. The molecule has 4 aliphatic heterocycles. The van der Waals surface area contributed by atoms with Crippen molar-refractivity contribution in [3.8, 4) is 0 Å². The number of hydrogen-bond donors (Lipinski definition) is 1. The molecule has 3 spiro atoms. The molecule has 3 saturated heterocycles. The molecule has 0 aromatic carbocycles. The minimum Gasteiger partial charge on any atom is -0.469 e. The zero-order valence-corrected chi connectivity index (χ0v) is 24.4. The van der Waals surface area contributed by atoms with E-state index in [-0.39, 0.29) is 41.3 Å². The van der Waals surface area contributed by atoms with Gasteiger partial charge in [-0.2, -0.15) is 0 Å². The minimum absolute atomic E-state index is 0.0516. The van der Waals surface area contributed by atoms with E-state index in [4.69, 9.17) is 23.7 Å². The maximum absolute atomic E-state index is 14.8. The highest BCUT2D eigenvalue weighted by atomic mass is 16.8. The summed E-state index contributed by atoms with van der Waals surface area (Å²) in [6.07, 6.45) is 2.67. The van der Waals surface area contributed by atoms with E-state index in [1.165, 1.54) is 5.57 Å². The molecule has 3 saturated carbocycles. The number of aliphatic hydroxyl groups excluding tert-OH is 1. The fourth-order valence-electron chi connectivity index (χ4n) is 10.7. The SMILES string of the molecule is CC(C)CO[C@@H]1CCC2=C(O1)[C@@]13CO[C@]4(OC(C)(C)O[C@@H]5[C@H]6CC[C@@H]1[C@]54C(=O)C6(C)C)[C@@H](O)[C@@H]3C(C)(C)C2. The van der Waals surface area contributed by atoms with E-state index < -0.39 is 33.9 Å². The van der Waals surface area contributed by atoms with Crippen LogP contribution in [0.4, 0.5) is 0 Å². The molecule has 4 bridgehead atoms. The molecule has 7 heteroatoms. The number of carbonyl (C=O) groups excluding carboxylic acids is 1. The number of ether oxygens (including phenoxy) is 5. The van der Waals surface area contributed by atoms with Gasteiger partial charge in [0.1, 0.15) is 17.3 Å². The summed E-state index contributed by atoms with van der Waals surface area (Å²) in [5.74, 6) is -1.16. The van der Waals surface area contributed by atoms with Crippen molar-refractivity contribution in [1.82, 2.24) is 0 Å². The number of allylic oxidation sites excluding steroid dienone is 1. The molecule has 1 N–H and O–H groups in total. The summed E-state index contributed by atoms with van der Waals surface area (Å²) < 4.78 is 33.4. The van der Waals surface area contributed by atoms with Gasteiger partial charge in [-0.3, -0.25) is 4.79 Å². The van der Waals surface area contributed by atoms with Gasteiger partial charge < -0.3 is 28.8 Å². The summed E-state index contributed by atoms with van der Waals surface area (Å²) in [6, 6.07) is 0. The summed E-state index contributed by atoms with van der Waals surface area (Å²) >= 11 is 0. The average molecular weight is 531 g/mol. The van der Waals surface area contributed by atoms with Crippen molar-refractivity contribution < 1.29 is 33.6 Å². The standard InChI is InChI=1S/C31H46O7/c1-16(2)14-34-20-12-9-17-13-26(3,4)21-22(32)31-30-19(29(21,15-35-31)23(17)36-20)11-10-18(27(5,6)25(30)33)24(30)37-28(7,8)38-31/h16,18-22,24,32H,9-15H2,1-8H3/t18-,19+,20+,21-,22+,24-,29+,30-,31+/m1/s1. The molecule has 0 radical (unpaired) electrons. The first kappa shape index (κ1) is 25.9. The molecule has 0 aromatic rings. The minimum atomic E-state index is -1.43. The molecule has 0 unspecified atom stereocenters. The summed E-state index contributed by atoms with van der Waals surface area (Å²) in [7, 11) is 0. The van der Waals surface area contributed by atoms with Gasteiger partial charge in [-0.1, -0.05) is 41.5 Å². The van der Waals surface area contributed by atoms with Crippen molar-refractivity contribution in [3.63, 3.8) is 0 Å². The predicted molar refractivity (Wildman–Crippen MR) is 138 cm³/mol. The van der Waals surface area contributed by atoms with Gasteiger partial charge >= 0.3 is 0 Å². The molecule has 4 aliphatic carbocycles. The molecule has 0 aromatic heterocycles. The van der Waals surface area contributed by atoms with Crippen LogP contribution in [0.5, 0.6) is 0 Å². The molecule has 8 rings (SSSR count). The van der Waals surface area contributed by atoms with Gasteiger partial charge in [-0.15, -0.1) is 0 Å². The Balaban J connectivity index is 1.45. The third kappa shape index (κ3) is 2.72. The number of hydrogen-bond acceptors (Lipinski definition) is 7. The van der Waals surface area contributed by atoms with Crippen LogP contribution in [0.2, 0.25) is 0 Å². The molecular formula is C31H46O7. The van der Waals surface area contributed by atoms with Crippen LogP contribution in [0, 0.1) is 45.3 Å². The highest BCUT2D eigenvalue weighted by Gasteiger charge is 2.91. The maximum Gasteiger partial charge on any atom is 0.213 e. The molecule has 6 fully saturated rings. The first-order chi connectivity index (χ1) is 17.6. The number of ketones is 1. The molecule has 4 heterocycles. The topological polar surface area (TPSA) is 83.5 Å². The fraction of sp³-hybridized carbons (Fsp3) is 0.903. The summed E-state index contributed by atoms with van der Waals surface area (Å²) in [6.45, 7) is 17.8. The Kier molecular flexibility index (Phi) is 5.08. The maximum atomic E-state index is 14.8. The van der Waals surface area contributed by atoms with Crippen molar-refractivity contribution in [1.29, 1.82) is 0 Å². The van der Waals surface area contributed by atoms with Gasteiger partial charge in [0.05, 0.1) is 24.7 Å². The van der Waals surface area contributed by atoms with E-state index in [2.05, 4.69) is 41.5 Å². The monoisotopic (exact) mass is 530 g/mol. The third-order valence-corrected chi connectivity index (χ3v) is 11.6. The van der Waals surface area contributed by atoms with Gasteiger partial charge in [-0.25, -0.2) is 0 Å². The van der Waals surface area contributed by atoms with Crippen LogP contribution in [0.1, 0.15) is 87.5 Å². The number of rotatable bonds is 3. The molecule has 9 atom stereocenters. The van der Waals surface area contributed by atoms with Crippen LogP contribution >= 0.6 is 0 Å².